The van der Waals surface area contributed by atoms with Gasteiger partial charge >= 0.3 is 0 Å². The SMILES string of the molecule is OC[C@H]1OC(O[C@H]2[C@H](O)[C@@H](O)C(Oc3ccc(CCCc4ccc(OC5O[C@H](CO)[C@@H](OC6O[C@H](CO)[C@@H](O)[C@H](O)[C@H]6O)[C@H](O)[C@H]5O)cc4OC4O[C@H](CO)[C@@H](OC5O[C@H](CO)[C@@H](O)[C@H](O)[C@H]5O)[C@H](O)[C@H]4O)c(OC4O[C@H](CO)[C@@H](OC5O[C@H](CO)[C@@H](O)[C@H](O)[C@H]5O)[C@H](O)[C@H]4O)c3)O[C@@H]2CO)[C@H](O)[C@@H](O)[C@@H]1O. The van der Waals surface area contributed by atoms with E-state index in [0.29, 0.717) is 0 Å². The maximum absolute atomic E-state index is 11.7. The van der Waals surface area contributed by atoms with Crippen molar-refractivity contribution >= 4 is 0 Å². The van der Waals surface area contributed by atoms with E-state index in [9.17, 15) is 143 Å². The Balaban J connectivity index is 0.923. The second kappa shape index (κ2) is 37.3. The third-order valence-electron chi connectivity index (χ3n) is 19.8. The lowest BCUT2D eigenvalue weighted by Gasteiger charge is -2.46. The number of hydrogen-bond donors (Lipinski definition) is 28. The van der Waals surface area contributed by atoms with E-state index >= 15 is 0 Å². The molecule has 10 rings (SSSR count). The molecule has 28 N–H and O–H groups in total. The summed E-state index contributed by atoms with van der Waals surface area (Å²) < 4.78 is 92.4. The average Bonchev–Trinajstić information content (AvgIpc) is 0.791. The molecule has 0 amide bonds. The third kappa shape index (κ3) is 18.3. The minimum absolute atomic E-state index is 0.0155. The van der Waals surface area contributed by atoms with Crippen LogP contribution in [0.25, 0.3) is 0 Å². The number of aliphatic hydroxyl groups excluding tert-OH is 28. The molecule has 8 saturated heterocycles. The van der Waals surface area contributed by atoms with Crippen LogP contribution in [-0.2, 0) is 69.7 Å². The first-order valence-electron chi connectivity index (χ1n) is 34.2. The van der Waals surface area contributed by atoms with Crippen LogP contribution in [0.5, 0.6) is 23.0 Å². The van der Waals surface area contributed by atoms with Crippen LogP contribution in [0.3, 0.4) is 0 Å². The van der Waals surface area contributed by atoms with Gasteiger partial charge in [0.15, 0.2) is 25.2 Å². The summed E-state index contributed by atoms with van der Waals surface area (Å²) in [6.45, 7) is -7.46. The molecule has 107 heavy (non-hydrogen) atoms. The van der Waals surface area contributed by atoms with Crippen molar-refractivity contribution in [1.82, 2.24) is 0 Å². The van der Waals surface area contributed by atoms with E-state index in [0.717, 1.165) is 12.1 Å². The van der Waals surface area contributed by atoms with Gasteiger partial charge in [0.25, 0.3) is 0 Å². The largest absolute Gasteiger partial charge is 0.462 e. The lowest BCUT2D eigenvalue weighted by atomic mass is 9.96. The van der Waals surface area contributed by atoms with Gasteiger partial charge in [0.2, 0.25) is 25.2 Å². The molecule has 0 aromatic heterocycles. The molecule has 0 saturated carbocycles. The minimum atomic E-state index is -2.16. The number of hydrogen-bond acceptors (Lipinski definition) is 44. The maximum atomic E-state index is 11.7. The zero-order valence-corrected chi connectivity index (χ0v) is 56.4. The van der Waals surface area contributed by atoms with Crippen LogP contribution in [0.2, 0.25) is 0 Å². The van der Waals surface area contributed by atoms with Crippen molar-refractivity contribution in [3.8, 4) is 23.0 Å². The van der Waals surface area contributed by atoms with E-state index in [2.05, 4.69) is 0 Å². The van der Waals surface area contributed by atoms with Gasteiger partial charge in [-0.2, -0.15) is 0 Å². The monoisotopic (exact) mass is 1560 g/mol. The fourth-order valence-electron chi connectivity index (χ4n) is 13.4. The van der Waals surface area contributed by atoms with Crippen LogP contribution in [0.15, 0.2) is 36.4 Å². The van der Waals surface area contributed by atoms with Gasteiger partial charge in [-0.25, -0.2) is 0 Å². The maximum Gasteiger partial charge on any atom is 0.229 e. The standard InChI is InChI=1S/C63H96O44/c64-10-24-32(72)36(76)44(84)60(96-24)104-52-28(14-68)100-56(48(88)40(52)80)92-20-6-4-18(22(8-20)94-58-50(90)42(82)54(30(16-70)102-58)106-62-46(86)38(78)34(74)26(12-66)98-62)2-1-3-19-5-7-21(93-57-49(89)41(81)53(29(15-69)101-57)105-61-45(85)37(77)33(73)25(11-65)97-61)9-23(19)95-59-51(91)43(83)55(31(17-71)103-59)107-63-47(87)39(79)35(75)27(13-67)99-63/h4-9,24-91H,1-3,10-17H2/t24-,25-,26-,27-,28-,29-,30-,31-,32-,33-,34-,35-,36+,37+,38+,39+,40-,41-,42-,43-,44-,45-,46-,47-,48-,49-,50-,51-,52-,53-,54-,55-,56?,57?,58?,59?,60?,61?,62?,63?/m1/s1. The highest BCUT2D eigenvalue weighted by Crippen LogP contribution is 2.40. The molecule has 44 heteroatoms. The van der Waals surface area contributed by atoms with Crippen molar-refractivity contribution in [1.29, 1.82) is 0 Å². The Morgan fingerprint density at radius 2 is 0.430 bits per heavy atom. The smallest absolute Gasteiger partial charge is 0.229 e. The highest BCUT2D eigenvalue weighted by molar-refractivity contribution is 5.43. The molecule has 2 aromatic rings. The second-order valence-corrected chi connectivity index (χ2v) is 26.9. The van der Waals surface area contributed by atoms with Crippen LogP contribution in [0.4, 0.5) is 0 Å². The number of aryl methyl sites for hydroxylation is 2. The number of benzene rings is 2. The first-order valence-corrected chi connectivity index (χ1v) is 34.2. The van der Waals surface area contributed by atoms with E-state index in [1.165, 1.54) is 24.3 Å². The van der Waals surface area contributed by atoms with Crippen molar-refractivity contribution in [2.45, 2.75) is 265 Å². The number of aliphatic hydroxyl groups is 28. The lowest BCUT2D eigenvalue weighted by Crippen LogP contribution is -2.65. The summed E-state index contributed by atoms with van der Waals surface area (Å²) in [4.78, 5) is 0. The van der Waals surface area contributed by atoms with E-state index in [-0.39, 0.29) is 53.4 Å². The first-order chi connectivity index (χ1) is 50.9. The Labute approximate surface area is 605 Å². The van der Waals surface area contributed by atoms with Crippen molar-refractivity contribution < 1.29 is 219 Å². The molecule has 0 spiro atoms. The molecule has 2 aromatic carbocycles. The summed E-state index contributed by atoms with van der Waals surface area (Å²) in [6.07, 6.45) is -75.3. The van der Waals surface area contributed by atoms with Crippen LogP contribution >= 0.6 is 0 Å². The van der Waals surface area contributed by atoms with Gasteiger partial charge in [-0.05, 0) is 42.5 Å². The number of rotatable bonds is 28. The molecular formula is C63H96O44. The first kappa shape index (κ1) is 85.5. The fraction of sp³-hybridized carbons (Fsp3) is 0.810. The molecule has 0 radical (unpaired) electrons. The van der Waals surface area contributed by atoms with Crippen molar-refractivity contribution in [3.05, 3.63) is 47.5 Å². The van der Waals surface area contributed by atoms with Gasteiger partial charge in [0.1, 0.15) is 218 Å². The molecule has 8 aliphatic rings. The van der Waals surface area contributed by atoms with Crippen LogP contribution in [0.1, 0.15) is 17.5 Å². The van der Waals surface area contributed by atoms with Crippen LogP contribution in [0, 0.1) is 0 Å². The molecular weight excluding hydrogens is 1460 g/mol. The van der Waals surface area contributed by atoms with Crippen molar-refractivity contribution in [2.24, 2.45) is 0 Å². The fourth-order valence-corrected chi connectivity index (χ4v) is 13.4. The van der Waals surface area contributed by atoms with Crippen molar-refractivity contribution in [3.63, 3.8) is 0 Å². The predicted molar refractivity (Wildman–Crippen MR) is 333 cm³/mol. The third-order valence-corrected chi connectivity index (χ3v) is 19.8. The Morgan fingerprint density at radius 1 is 0.224 bits per heavy atom. The molecule has 8 aliphatic heterocycles. The molecule has 0 aliphatic carbocycles. The van der Waals surface area contributed by atoms with Gasteiger partial charge in [0.05, 0.1) is 52.9 Å². The zero-order valence-electron chi connectivity index (χ0n) is 56.4. The Morgan fingerprint density at radius 3 is 0.654 bits per heavy atom. The Kier molecular flexibility index (Phi) is 29.8. The molecule has 8 unspecified atom stereocenters. The van der Waals surface area contributed by atoms with Gasteiger partial charge in [-0.3, -0.25) is 0 Å². The van der Waals surface area contributed by atoms with E-state index < -0.39 is 299 Å². The van der Waals surface area contributed by atoms with Crippen LogP contribution in [-0.4, -0.2) is 441 Å². The molecule has 612 valence electrons. The summed E-state index contributed by atoms with van der Waals surface area (Å²) in [5.41, 5.74) is 0.354. The molecule has 0 bridgehead atoms. The van der Waals surface area contributed by atoms with Gasteiger partial charge in [0, 0.05) is 12.1 Å². The minimum Gasteiger partial charge on any atom is -0.462 e. The highest BCUT2D eigenvalue weighted by Gasteiger charge is 2.57. The Bertz CT molecular complexity index is 2850. The van der Waals surface area contributed by atoms with E-state index in [1.54, 1.807) is 0 Å². The summed E-state index contributed by atoms with van der Waals surface area (Å²) in [5, 5.41) is 299. The van der Waals surface area contributed by atoms with Gasteiger partial charge in [-0.1, -0.05) is 12.1 Å². The lowest BCUT2D eigenvalue weighted by molar-refractivity contribution is -0.352. The van der Waals surface area contributed by atoms with Gasteiger partial charge < -0.3 is 219 Å². The van der Waals surface area contributed by atoms with Crippen molar-refractivity contribution in [2.75, 3.05) is 52.9 Å². The molecule has 8 fully saturated rings. The molecule has 40 atom stereocenters. The quantitative estimate of drug-likeness (QED) is 0.0376. The van der Waals surface area contributed by atoms with E-state index in [4.69, 9.17) is 75.8 Å². The highest BCUT2D eigenvalue weighted by atomic mass is 16.8. The van der Waals surface area contributed by atoms with E-state index in [1.807, 2.05) is 0 Å². The zero-order chi connectivity index (χ0) is 77.9. The normalized spacial score (nSPS) is 46.4. The topological polar surface area (TPSA) is 714 Å². The predicted octanol–water partition coefficient (Wildman–Crippen LogP) is -16.1. The average molecular weight is 1560 g/mol. The molecule has 44 nitrogen and oxygen atoms in total. The summed E-state index contributed by atoms with van der Waals surface area (Å²) in [5.74, 6) is -1.12. The van der Waals surface area contributed by atoms with Gasteiger partial charge in [-0.15, -0.1) is 0 Å². The second-order valence-electron chi connectivity index (χ2n) is 26.9. The summed E-state index contributed by atoms with van der Waals surface area (Å²) in [6, 6.07) is 7.58. The summed E-state index contributed by atoms with van der Waals surface area (Å²) in [7, 11) is 0. The Hall–Kier alpha value is -3.96. The summed E-state index contributed by atoms with van der Waals surface area (Å²) >= 11 is 0. The van der Waals surface area contributed by atoms with Crippen LogP contribution < -0.4 is 18.9 Å². The number of ether oxygens (including phenoxy) is 16. The molecule has 8 heterocycles.